The molecule has 0 saturated heterocycles. The van der Waals surface area contributed by atoms with Crippen LogP contribution >= 0.6 is 0 Å². The van der Waals surface area contributed by atoms with Crippen LogP contribution in [0.15, 0.2) is 71.6 Å². The summed E-state index contributed by atoms with van der Waals surface area (Å²) in [5.41, 5.74) is 0.0462. The zero-order valence-corrected chi connectivity index (χ0v) is 19.0. The third kappa shape index (κ3) is 5.74. The van der Waals surface area contributed by atoms with Crippen molar-refractivity contribution in [2.45, 2.75) is 36.7 Å². The number of carboxylic acids is 1. The van der Waals surface area contributed by atoms with Gasteiger partial charge in [0.1, 0.15) is 12.1 Å². The topological polar surface area (TPSA) is 156 Å². The molecule has 1 amide bonds. The Bertz CT molecular complexity index is 1340. The largest absolute Gasteiger partial charge is 0.480 e. The van der Waals surface area contributed by atoms with Crippen molar-refractivity contribution in [2.24, 2.45) is 0 Å². The van der Waals surface area contributed by atoms with Crippen LogP contribution in [0.25, 0.3) is 10.8 Å². The molecule has 0 aliphatic rings. The molecule has 3 N–H and O–H groups in total. The highest BCUT2D eigenvalue weighted by Crippen LogP contribution is 2.23. The zero-order chi connectivity index (χ0) is 24.9. The van der Waals surface area contributed by atoms with Gasteiger partial charge in [-0.3, -0.25) is 14.9 Å². The lowest BCUT2D eigenvalue weighted by molar-refractivity contribution is -0.387. The molecule has 0 fully saturated rings. The Balaban J connectivity index is 1.77. The molecule has 0 spiro atoms. The monoisotopic (exact) mass is 485 g/mol. The summed E-state index contributed by atoms with van der Waals surface area (Å²) in [7, 11) is -4.43. The summed E-state index contributed by atoms with van der Waals surface area (Å²) in [6.07, 6.45) is -0.0206. The fraction of sp³-hybridized carbons (Fsp3) is 0.217. The van der Waals surface area contributed by atoms with Gasteiger partial charge in [0.15, 0.2) is 4.90 Å². The fourth-order valence-electron chi connectivity index (χ4n) is 3.48. The van der Waals surface area contributed by atoms with Crippen molar-refractivity contribution in [1.82, 2.24) is 10.0 Å². The summed E-state index contributed by atoms with van der Waals surface area (Å²) in [5.74, 6) is -2.13. The minimum atomic E-state index is -4.43. The number of carbonyl (C=O) groups excluding carboxylic acids is 1. The first-order chi connectivity index (χ1) is 16.1. The van der Waals surface area contributed by atoms with E-state index in [1.807, 2.05) is 36.4 Å². The molecule has 0 aliphatic heterocycles. The molecule has 3 aromatic carbocycles. The van der Waals surface area contributed by atoms with Crippen molar-refractivity contribution in [2.75, 3.05) is 0 Å². The minimum Gasteiger partial charge on any atom is -0.480 e. The van der Waals surface area contributed by atoms with E-state index in [0.29, 0.717) is 5.56 Å². The van der Waals surface area contributed by atoms with Crippen molar-refractivity contribution in [3.8, 4) is 0 Å². The van der Waals surface area contributed by atoms with Crippen LogP contribution in [-0.4, -0.2) is 42.4 Å². The van der Waals surface area contributed by atoms with Gasteiger partial charge in [-0.2, -0.15) is 4.72 Å². The number of aliphatic carboxylic acids is 1. The maximum absolute atomic E-state index is 12.8. The first-order valence-corrected chi connectivity index (χ1v) is 11.9. The smallest absolute Gasteiger partial charge is 0.326 e. The Morgan fingerprint density at radius 1 is 1.00 bits per heavy atom. The Hall–Kier alpha value is -3.83. The third-order valence-corrected chi connectivity index (χ3v) is 6.76. The molecule has 34 heavy (non-hydrogen) atoms. The number of benzene rings is 3. The van der Waals surface area contributed by atoms with Gasteiger partial charge in [-0.15, -0.1) is 0 Å². The number of fused-ring (bicyclic) bond motifs is 1. The van der Waals surface area contributed by atoms with Gasteiger partial charge in [-0.1, -0.05) is 61.5 Å². The number of hydrogen-bond donors (Lipinski definition) is 3. The van der Waals surface area contributed by atoms with E-state index in [4.69, 9.17) is 0 Å². The zero-order valence-electron chi connectivity index (χ0n) is 18.2. The molecule has 0 saturated carbocycles. The number of sulfonamides is 1. The Labute approximate surface area is 195 Å². The molecule has 0 heterocycles. The van der Waals surface area contributed by atoms with Gasteiger partial charge in [-0.05, 0) is 28.8 Å². The molecule has 0 aromatic heterocycles. The Kier molecular flexibility index (Phi) is 7.59. The first kappa shape index (κ1) is 24.8. The second kappa shape index (κ2) is 10.4. The summed E-state index contributed by atoms with van der Waals surface area (Å²) >= 11 is 0. The van der Waals surface area contributed by atoms with Crippen molar-refractivity contribution in [1.29, 1.82) is 0 Å². The first-order valence-electron chi connectivity index (χ1n) is 10.4. The average molecular weight is 486 g/mol. The van der Waals surface area contributed by atoms with Crippen LogP contribution in [0.1, 0.15) is 18.9 Å². The highest BCUT2D eigenvalue weighted by molar-refractivity contribution is 7.89. The summed E-state index contributed by atoms with van der Waals surface area (Å²) in [4.78, 5) is 34.4. The predicted octanol–water partition coefficient (Wildman–Crippen LogP) is 2.62. The Morgan fingerprint density at radius 2 is 1.65 bits per heavy atom. The van der Waals surface area contributed by atoms with Gasteiger partial charge in [0.25, 0.3) is 5.69 Å². The molecule has 10 nitrogen and oxygen atoms in total. The standard InChI is InChI=1S/C23H23N3O7S/c1-2-18(25-34(32,33)21-10-6-5-9-20(21)26(30)31)22(27)24-19(23(28)29)14-15-11-12-16-7-3-4-8-17(16)13-15/h3-13,18-19,25H,2,14H2,1H3,(H,24,27)(H,28,29). The van der Waals surface area contributed by atoms with E-state index >= 15 is 0 Å². The van der Waals surface area contributed by atoms with E-state index in [2.05, 4.69) is 10.0 Å². The SMILES string of the molecule is CCC(NS(=O)(=O)c1ccccc1[N+](=O)[O-])C(=O)NC(Cc1ccc2ccccc2c1)C(=O)O. The molecule has 11 heteroatoms. The second-order valence-corrected chi connectivity index (χ2v) is 9.27. The Morgan fingerprint density at radius 3 is 2.29 bits per heavy atom. The maximum atomic E-state index is 12.8. The number of amides is 1. The van der Waals surface area contributed by atoms with Crippen LogP contribution in [0.2, 0.25) is 0 Å². The second-order valence-electron chi connectivity index (χ2n) is 7.59. The molecule has 178 valence electrons. The maximum Gasteiger partial charge on any atom is 0.326 e. The lowest BCUT2D eigenvalue weighted by Gasteiger charge is -2.20. The van der Waals surface area contributed by atoms with Crippen LogP contribution in [-0.2, 0) is 26.0 Å². The van der Waals surface area contributed by atoms with Crippen molar-refractivity contribution in [3.63, 3.8) is 0 Å². The molecule has 0 radical (unpaired) electrons. The summed E-state index contributed by atoms with van der Waals surface area (Å²) in [6, 6.07) is 15.1. The number of hydrogen-bond acceptors (Lipinski definition) is 6. The average Bonchev–Trinajstić information content (AvgIpc) is 2.81. The molecular formula is C23H23N3O7S. The number of nitrogens with one attached hydrogen (secondary N) is 2. The van der Waals surface area contributed by atoms with E-state index in [1.165, 1.54) is 19.1 Å². The van der Waals surface area contributed by atoms with Crippen LogP contribution in [0.4, 0.5) is 5.69 Å². The van der Waals surface area contributed by atoms with E-state index in [-0.39, 0.29) is 12.8 Å². The van der Waals surface area contributed by atoms with E-state index < -0.39 is 49.5 Å². The van der Waals surface area contributed by atoms with Crippen LogP contribution < -0.4 is 10.0 Å². The summed E-state index contributed by atoms with van der Waals surface area (Å²) in [6.45, 7) is 1.53. The number of para-hydroxylation sites is 1. The molecular weight excluding hydrogens is 462 g/mol. The number of carboxylic acid groups (broad SMARTS) is 1. The van der Waals surface area contributed by atoms with E-state index in [1.54, 1.807) is 6.07 Å². The number of rotatable bonds is 10. The summed E-state index contributed by atoms with van der Waals surface area (Å²) in [5, 5.41) is 25.1. The van der Waals surface area contributed by atoms with Crippen molar-refractivity contribution < 1.29 is 28.0 Å². The van der Waals surface area contributed by atoms with Crippen LogP contribution in [0.3, 0.4) is 0 Å². The summed E-state index contributed by atoms with van der Waals surface area (Å²) < 4.78 is 27.7. The van der Waals surface area contributed by atoms with Crippen molar-refractivity contribution in [3.05, 3.63) is 82.4 Å². The number of carbonyl (C=O) groups is 2. The number of nitro benzene ring substituents is 1. The predicted molar refractivity (Wildman–Crippen MR) is 125 cm³/mol. The molecule has 0 aliphatic carbocycles. The van der Waals surface area contributed by atoms with Crippen LogP contribution in [0, 0.1) is 10.1 Å². The quantitative estimate of drug-likeness (QED) is 0.294. The van der Waals surface area contributed by atoms with Gasteiger partial charge in [0.05, 0.1) is 4.92 Å². The van der Waals surface area contributed by atoms with Gasteiger partial charge in [-0.25, -0.2) is 13.2 Å². The van der Waals surface area contributed by atoms with E-state index in [9.17, 15) is 33.2 Å². The molecule has 2 unspecified atom stereocenters. The number of nitro groups is 1. The highest BCUT2D eigenvalue weighted by atomic mass is 32.2. The molecule has 2 atom stereocenters. The highest BCUT2D eigenvalue weighted by Gasteiger charge is 2.31. The molecule has 3 rings (SSSR count). The number of nitrogens with zero attached hydrogens (tertiary/aromatic N) is 1. The van der Waals surface area contributed by atoms with Gasteiger partial charge < -0.3 is 10.4 Å². The van der Waals surface area contributed by atoms with Crippen LogP contribution in [0.5, 0.6) is 0 Å². The van der Waals surface area contributed by atoms with Gasteiger partial charge >= 0.3 is 5.97 Å². The lowest BCUT2D eigenvalue weighted by Crippen LogP contribution is -2.52. The fourth-order valence-corrected chi connectivity index (χ4v) is 4.93. The normalized spacial score (nSPS) is 13.2. The van der Waals surface area contributed by atoms with Gasteiger partial charge in [0, 0.05) is 12.5 Å². The van der Waals surface area contributed by atoms with E-state index in [0.717, 1.165) is 22.9 Å². The minimum absolute atomic E-state index is 0.00594. The lowest BCUT2D eigenvalue weighted by atomic mass is 10.0. The van der Waals surface area contributed by atoms with Gasteiger partial charge in [0.2, 0.25) is 15.9 Å². The third-order valence-electron chi connectivity index (χ3n) is 5.24. The van der Waals surface area contributed by atoms with Crippen molar-refractivity contribution >= 4 is 38.4 Å². The molecule has 3 aromatic rings. The molecule has 0 bridgehead atoms.